The Morgan fingerprint density at radius 1 is 1.10 bits per heavy atom. The normalized spacial score (nSPS) is 10.8. The van der Waals surface area contributed by atoms with Gasteiger partial charge in [-0.2, -0.15) is 0 Å². The van der Waals surface area contributed by atoms with E-state index >= 15 is 0 Å². The van der Waals surface area contributed by atoms with Crippen molar-refractivity contribution in [2.24, 2.45) is 0 Å². The summed E-state index contributed by atoms with van der Waals surface area (Å²) >= 11 is 2.86. The zero-order valence-electron chi connectivity index (χ0n) is 10.7. The van der Waals surface area contributed by atoms with Gasteiger partial charge in [-0.05, 0) is 24.3 Å². The van der Waals surface area contributed by atoms with Crippen LogP contribution in [0, 0.1) is 11.6 Å². The van der Waals surface area contributed by atoms with Gasteiger partial charge in [0.15, 0.2) is 22.5 Å². The van der Waals surface area contributed by atoms with Gasteiger partial charge in [-0.15, -0.1) is 23.1 Å². The molecule has 0 aliphatic rings. The lowest BCUT2D eigenvalue weighted by molar-refractivity contribution is 0.506. The molecule has 106 valence electrons. The topological polar surface area (TPSA) is 38.7 Å². The smallest absolute Gasteiger partial charge is 0.188 e. The van der Waals surface area contributed by atoms with E-state index < -0.39 is 11.6 Å². The second-order valence-corrected chi connectivity index (χ2v) is 5.99. The molecular weight excluding hydrogens is 312 g/mol. The third-order valence-electron chi connectivity index (χ3n) is 2.59. The van der Waals surface area contributed by atoms with Crippen LogP contribution in [0.5, 0.6) is 0 Å². The summed E-state index contributed by atoms with van der Waals surface area (Å²) in [5.74, 6) is -0.506. The summed E-state index contributed by atoms with van der Waals surface area (Å²) < 4.78 is 26.0. The van der Waals surface area contributed by atoms with E-state index in [-0.39, 0.29) is 0 Å². The summed E-state index contributed by atoms with van der Waals surface area (Å²) in [6.45, 7) is 0. The molecule has 0 N–H and O–H groups in total. The van der Waals surface area contributed by atoms with E-state index in [4.69, 9.17) is 0 Å². The number of nitrogens with zero attached hydrogens (tertiary/aromatic N) is 3. The molecule has 0 unspecified atom stereocenters. The van der Waals surface area contributed by atoms with E-state index in [1.807, 2.05) is 5.38 Å². The molecule has 0 aliphatic heterocycles. The Balaban J connectivity index is 1.69. The summed E-state index contributed by atoms with van der Waals surface area (Å²) in [5, 5.41) is 2.66. The van der Waals surface area contributed by atoms with Crippen molar-refractivity contribution in [2.45, 2.75) is 10.6 Å². The van der Waals surface area contributed by atoms with Crippen LogP contribution in [0.15, 0.2) is 46.9 Å². The average Bonchev–Trinajstić information content (AvgIpc) is 2.98. The van der Waals surface area contributed by atoms with Gasteiger partial charge in [-0.25, -0.2) is 23.7 Å². The number of thiazole rings is 1. The first-order valence-corrected chi connectivity index (χ1v) is 7.88. The Morgan fingerprint density at radius 2 is 1.90 bits per heavy atom. The van der Waals surface area contributed by atoms with E-state index in [0.29, 0.717) is 16.5 Å². The predicted molar refractivity (Wildman–Crippen MR) is 79.1 cm³/mol. The fourth-order valence-electron chi connectivity index (χ4n) is 1.61. The maximum Gasteiger partial charge on any atom is 0.188 e. The highest BCUT2D eigenvalue weighted by atomic mass is 32.2. The highest BCUT2D eigenvalue weighted by molar-refractivity contribution is 7.98. The van der Waals surface area contributed by atoms with Crippen molar-refractivity contribution in [3.8, 4) is 10.8 Å². The minimum Gasteiger partial charge on any atom is -0.237 e. The van der Waals surface area contributed by atoms with E-state index in [2.05, 4.69) is 15.0 Å². The molecule has 3 nitrogen and oxygen atoms in total. The van der Waals surface area contributed by atoms with Crippen molar-refractivity contribution in [3.63, 3.8) is 0 Å². The van der Waals surface area contributed by atoms with Gasteiger partial charge >= 0.3 is 0 Å². The number of halogens is 2. The first kappa shape index (κ1) is 14.1. The maximum atomic E-state index is 13.1. The summed E-state index contributed by atoms with van der Waals surface area (Å²) in [6.07, 6.45) is 3.33. The van der Waals surface area contributed by atoms with Crippen LogP contribution in [0.2, 0.25) is 0 Å². The van der Waals surface area contributed by atoms with Gasteiger partial charge in [0, 0.05) is 28.4 Å². The molecule has 21 heavy (non-hydrogen) atoms. The van der Waals surface area contributed by atoms with Crippen LogP contribution in [0.1, 0.15) is 5.69 Å². The second-order valence-electron chi connectivity index (χ2n) is 4.08. The third-order valence-corrected chi connectivity index (χ3v) is 4.50. The number of hydrogen-bond acceptors (Lipinski definition) is 5. The fourth-order valence-corrected chi connectivity index (χ4v) is 3.29. The highest BCUT2D eigenvalue weighted by Gasteiger charge is 2.08. The molecule has 0 fully saturated rings. The molecule has 0 aliphatic carbocycles. The lowest BCUT2D eigenvalue weighted by Gasteiger charge is -2.00. The van der Waals surface area contributed by atoms with Crippen LogP contribution in [0.25, 0.3) is 10.8 Å². The van der Waals surface area contributed by atoms with Crippen molar-refractivity contribution in [3.05, 3.63) is 59.4 Å². The monoisotopic (exact) mass is 321 g/mol. The molecule has 0 saturated carbocycles. The number of thioether (sulfide) groups is 1. The third kappa shape index (κ3) is 3.43. The van der Waals surface area contributed by atoms with E-state index in [9.17, 15) is 8.78 Å². The first-order chi connectivity index (χ1) is 10.2. The SMILES string of the molecule is Fc1ccc(SCc2csc(-c3ncccn3)n2)cc1F. The molecule has 0 amide bonds. The van der Waals surface area contributed by atoms with Gasteiger partial charge in [-0.1, -0.05) is 0 Å². The van der Waals surface area contributed by atoms with Crippen molar-refractivity contribution in [2.75, 3.05) is 0 Å². The van der Waals surface area contributed by atoms with Gasteiger partial charge in [0.05, 0.1) is 5.69 Å². The largest absolute Gasteiger partial charge is 0.237 e. The molecule has 7 heteroatoms. The predicted octanol–water partition coefficient (Wildman–Crippen LogP) is 4.17. The number of rotatable bonds is 4. The molecule has 3 aromatic rings. The van der Waals surface area contributed by atoms with Crippen molar-refractivity contribution in [1.29, 1.82) is 0 Å². The quantitative estimate of drug-likeness (QED) is 0.676. The van der Waals surface area contributed by atoms with Crippen LogP contribution in [0.3, 0.4) is 0 Å². The van der Waals surface area contributed by atoms with Crippen molar-refractivity contribution < 1.29 is 8.78 Å². The molecule has 2 heterocycles. The molecule has 0 spiro atoms. The fraction of sp³-hybridized carbons (Fsp3) is 0.0714. The van der Waals surface area contributed by atoms with Crippen LogP contribution >= 0.6 is 23.1 Å². The van der Waals surface area contributed by atoms with Crippen LogP contribution < -0.4 is 0 Å². The van der Waals surface area contributed by atoms with Crippen molar-refractivity contribution in [1.82, 2.24) is 15.0 Å². The Morgan fingerprint density at radius 3 is 2.67 bits per heavy atom. The standard InChI is InChI=1S/C14H9F2N3S2/c15-11-3-2-10(6-12(11)16)20-7-9-8-21-14(19-9)13-17-4-1-5-18-13/h1-6,8H,7H2. The number of aromatic nitrogens is 3. The maximum absolute atomic E-state index is 13.1. The molecule has 0 bridgehead atoms. The Hall–Kier alpha value is -1.86. The minimum atomic E-state index is -0.837. The molecule has 1 aromatic carbocycles. The molecule has 0 atom stereocenters. The van der Waals surface area contributed by atoms with Crippen LogP contribution in [-0.4, -0.2) is 15.0 Å². The molecule has 0 radical (unpaired) electrons. The zero-order valence-corrected chi connectivity index (χ0v) is 12.3. The van der Waals surface area contributed by atoms with Gasteiger partial charge in [0.2, 0.25) is 0 Å². The zero-order chi connectivity index (χ0) is 14.7. The summed E-state index contributed by atoms with van der Waals surface area (Å²) in [5.41, 5.74) is 0.859. The number of hydrogen-bond donors (Lipinski definition) is 0. The molecule has 3 rings (SSSR count). The minimum absolute atomic E-state index is 0.578. The summed E-state index contributed by atoms with van der Waals surface area (Å²) in [4.78, 5) is 13.4. The summed E-state index contributed by atoms with van der Waals surface area (Å²) in [7, 11) is 0. The Kier molecular flexibility index (Phi) is 4.21. The second kappa shape index (κ2) is 6.28. The summed E-state index contributed by atoms with van der Waals surface area (Å²) in [6, 6.07) is 5.61. The van der Waals surface area contributed by atoms with Crippen molar-refractivity contribution >= 4 is 23.1 Å². The van der Waals surface area contributed by atoms with Crippen LogP contribution in [-0.2, 0) is 5.75 Å². The van der Waals surface area contributed by atoms with Crippen LogP contribution in [0.4, 0.5) is 8.78 Å². The Bertz CT molecular complexity index is 747. The average molecular weight is 321 g/mol. The number of benzene rings is 1. The Labute approximate surface area is 128 Å². The van der Waals surface area contributed by atoms with E-state index in [1.54, 1.807) is 24.5 Å². The first-order valence-electron chi connectivity index (χ1n) is 6.02. The van der Waals surface area contributed by atoms with Gasteiger partial charge in [0.1, 0.15) is 0 Å². The molecular formula is C14H9F2N3S2. The van der Waals surface area contributed by atoms with E-state index in [0.717, 1.165) is 16.8 Å². The van der Waals surface area contributed by atoms with Gasteiger partial charge in [0.25, 0.3) is 0 Å². The molecule has 2 aromatic heterocycles. The molecule has 0 saturated heterocycles. The lowest BCUT2D eigenvalue weighted by atomic mass is 10.3. The lowest BCUT2D eigenvalue weighted by Crippen LogP contribution is -1.88. The van der Waals surface area contributed by atoms with E-state index in [1.165, 1.54) is 29.2 Å². The van der Waals surface area contributed by atoms with Gasteiger partial charge < -0.3 is 0 Å². The van der Waals surface area contributed by atoms with Gasteiger partial charge in [-0.3, -0.25) is 0 Å². The highest BCUT2D eigenvalue weighted by Crippen LogP contribution is 2.27.